The molecular weight excluding hydrogens is 333 g/mol. The number of carbonyl (C=O) groups is 1. The fourth-order valence-electron chi connectivity index (χ4n) is 2.78. The van der Waals surface area contributed by atoms with Crippen molar-refractivity contribution < 1.29 is 4.79 Å². The molecular formula is C17H17Cl2N3O. The highest BCUT2D eigenvalue weighted by molar-refractivity contribution is 6.35. The Kier molecular flexibility index (Phi) is 5.03. The molecule has 0 bridgehead atoms. The summed E-state index contributed by atoms with van der Waals surface area (Å²) in [5.74, 6) is 0.355. The van der Waals surface area contributed by atoms with Gasteiger partial charge < -0.3 is 10.2 Å². The van der Waals surface area contributed by atoms with E-state index >= 15 is 0 Å². The second-order valence-electron chi connectivity index (χ2n) is 5.61. The molecule has 1 unspecified atom stereocenters. The molecule has 1 N–H and O–H groups in total. The number of hydrogen-bond acceptors (Lipinski definition) is 2. The van der Waals surface area contributed by atoms with Gasteiger partial charge in [-0.2, -0.15) is 0 Å². The molecule has 1 aromatic heterocycles. The van der Waals surface area contributed by atoms with E-state index in [1.165, 1.54) is 5.56 Å². The molecule has 6 heteroatoms. The highest BCUT2D eigenvalue weighted by Gasteiger charge is 2.27. The Balaban J connectivity index is 1.55. The highest BCUT2D eigenvalue weighted by Crippen LogP contribution is 2.26. The molecule has 1 saturated heterocycles. The zero-order chi connectivity index (χ0) is 16.2. The molecule has 0 spiro atoms. The van der Waals surface area contributed by atoms with Gasteiger partial charge >= 0.3 is 6.03 Å². The molecule has 1 aliphatic heterocycles. The molecule has 0 saturated carbocycles. The second kappa shape index (κ2) is 7.20. The van der Waals surface area contributed by atoms with Gasteiger partial charge in [0, 0.05) is 48.0 Å². The van der Waals surface area contributed by atoms with Crippen LogP contribution in [-0.2, 0) is 6.54 Å². The van der Waals surface area contributed by atoms with Gasteiger partial charge in [0.25, 0.3) is 0 Å². The normalized spacial score (nSPS) is 17.3. The summed E-state index contributed by atoms with van der Waals surface area (Å²) in [5.41, 5.74) is 2.04. The van der Waals surface area contributed by atoms with Crippen LogP contribution in [0.3, 0.4) is 0 Å². The van der Waals surface area contributed by atoms with Crippen LogP contribution in [-0.4, -0.2) is 29.0 Å². The first-order valence-corrected chi connectivity index (χ1v) is 8.25. The lowest BCUT2D eigenvalue weighted by Crippen LogP contribution is -2.38. The number of carbonyl (C=O) groups excluding carboxylic acids is 1. The number of halogens is 2. The van der Waals surface area contributed by atoms with E-state index in [0.29, 0.717) is 29.1 Å². The number of amides is 2. The monoisotopic (exact) mass is 349 g/mol. The molecule has 1 aliphatic rings. The third-order valence-corrected chi connectivity index (χ3v) is 4.66. The van der Waals surface area contributed by atoms with Crippen LogP contribution in [0, 0.1) is 0 Å². The Labute approximate surface area is 145 Å². The predicted octanol–water partition coefficient (Wildman–Crippen LogP) is 4.09. The number of pyridine rings is 1. The molecule has 23 heavy (non-hydrogen) atoms. The van der Waals surface area contributed by atoms with Crippen LogP contribution >= 0.6 is 23.2 Å². The number of urea groups is 1. The molecule has 0 aliphatic carbocycles. The van der Waals surface area contributed by atoms with Gasteiger partial charge in [-0.05, 0) is 35.7 Å². The van der Waals surface area contributed by atoms with E-state index < -0.39 is 0 Å². The van der Waals surface area contributed by atoms with E-state index in [9.17, 15) is 4.79 Å². The molecule has 1 atom stereocenters. The topological polar surface area (TPSA) is 45.2 Å². The predicted molar refractivity (Wildman–Crippen MR) is 91.9 cm³/mol. The molecule has 1 aromatic carbocycles. The van der Waals surface area contributed by atoms with Gasteiger partial charge in [0.2, 0.25) is 0 Å². The SMILES string of the molecule is O=C(NCc1ccc(Cl)cc1Cl)N1CCC(c2cccnc2)C1. The molecule has 120 valence electrons. The Hall–Kier alpha value is -1.78. The summed E-state index contributed by atoms with van der Waals surface area (Å²) < 4.78 is 0. The van der Waals surface area contributed by atoms with Gasteiger partial charge in [0.15, 0.2) is 0 Å². The second-order valence-corrected chi connectivity index (χ2v) is 6.46. The van der Waals surface area contributed by atoms with Crippen LogP contribution in [0.5, 0.6) is 0 Å². The van der Waals surface area contributed by atoms with Crippen molar-refractivity contribution in [1.29, 1.82) is 0 Å². The van der Waals surface area contributed by atoms with E-state index in [4.69, 9.17) is 23.2 Å². The maximum absolute atomic E-state index is 12.3. The van der Waals surface area contributed by atoms with Crippen LogP contribution in [0.4, 0.5) is 4.79 Å². The number of nitrogens with one attached hydrogen (secondary N) is 1. The van der Waals surface area contributed by atoms with E-state index in [1.54, 1.807) is 18.3 Å². The summed E-state index contributed by atoms with van der Waals surface area (Å²) in [7, 11) is 0. The standard InChI is InChI=1S/C17H17Cl2N3O/c18-15-4-3-13(16(19)8-15)10-21-17(23)22-7-5-14(11-22)12-2-1-6-20-9-12/h1-4,6,8-9,14H,5,7,10-11H2,(H,21,23). The first-order chi connectivity index (χ1) is 11.1. The van der Waals surface area contributed by atoms with E-state index in [-0.39, 0.29) is 6.03 Å². The minimum Gasteiger partial charge on any atom is -0.334 e. The minimum absolute atomic E-state index is 0.0672. The van der Waals surface area contributed by atoms with Gasteiger partial charge in [0.1, 0.15) is 0 Å². The summed E-state index contributed by atoms with van der Waals surface area (Å²) >= 11 is 12.0. The fourth-order valence-corrected chi connectivity index (χ4v) is 3.26. The zero-order valence-electron chi connectivity index (χ0n) is 12.5. The van der Waals surface area contributed by atoms with Crippen LogP contribution in [0.1, 0.15) is 23.5 Å². The van der Waals surface area contributed by atoms with Crippen LogP contribution in [0.2, 0.25) is 10.0 Å². The maximum Gasteiger partial charge on any atom is 0.317 e. The van der Waals surface area contributed by atoms with Crippen molar-refractivity contribution in [3.63, 3.8) is 0 Å². The van der Waals surface area contributed by atoms with E-state index in [2.05, 4.69) is 16.4 Å². The Bertz CT molecular complexity index is 693. The number of likely N-dealkylation sites (tertiary alicyclic amines) is 1. The summed E-state index contributed by atoms with van der Waals surface area (Å²) in [5, 5.41) is 4.07. The van der Waals surface area contributed by atoms with Crippen LogP contribution in [0.25, 0.3) is 0 Å². The number of benzene rings is 1. The summed E-state index contributed by atoms with van der Waals surface area (Å²) in [4.78, 5) is 18.3. The van der Waals surface area contributed by atoms with Crippen molar-refractivity contribution in [1.82, 2.24) is 15.2 Å². The minimum atomic E-state index is -0.0672. The maximum atomic E-state index is 12.3. The number of aromatic nitrogens is 1. The van der Waals surface area contributed by atoms with E-state index in [0.717, 1.165) is 18.5 Å². The highest BCUT2D eigenvalue weighted by atomic mass is 35.5. The van der Waals surface area contributed by atoms with Gasteiger partial charge in [-0.3, -0.25) is 4.98 Å². The van der Waals surface area contributed by atoms with Crippen molar-refractivity contribution in [2.24, 2.45) is 0 Å². The molecule has 2 aromatic rings. The number of hydrogen-bond donors (Lipinski definition) is 1. The molecule has 3 rings (SSSR count). The molecule has 0 radical (unpaired) electrons. The molecule has 2 amide bonds. The first kappa shape index (κ1) is 16.1. The van der Waals surface area contributed by atoms with Crippen LogP contribution in [0.15, 0.2) is 42.7 Å². The lowest BCUT2D eigenvalue weighted by atomic mass is 10.0. The quantitative estimate of drug-likeness (QED) is 0.906. The lowest BCUT2D eigenvalue weighted by molar-refractivity contribution is 0.208. The zero-order valence-corrected chi connectivity index (χ0v) is 14.0. The van der Waals surface area contributed by atoms with Crippen molar-refractivity contribution in [2.45, 2.75) is 18.9 Å². The lowest BCUT2D eigenvalue weighted by Gasteiger charge is -2.18. The summed E-state index contributed by atoms with van der Waals surface area (Å²) in [6.07, 6.45) is 4.60. The first-order valence-electron chi connectivity index (χ1n) is 7.50. The molecule has 4 nitrogen and oxygen atoms in total. The van der Waals surface area contributed by atoms with Crippen molar-refractivity contribution >= 4 is 29.2 Å². The van der Waals surface area contributed by atoms with Crippen LogP contribution < -0.4 is 5.32 Å². The van der Waals surface area contributed by atoms with Gasteiger partial charge in [-0.25, -0.2) is 4.79 Å². The molecule has 1 fully saturated rings. The third-order valence-electron chi connectivity index (χ3n) is 4.08. The Morgan fingerprint density at radius 1 is 1.35 bits per heavy atom. The van der Waals surface area contributed by atoms with Gasteiger partial charge in [0.05, 0.1) is 0 Å². The smallest absolute Gasteiger partial charge is 0.317 e. The Morgan fingerprint density at radius 3 is 2.96 bits per heavy atom. The Morgan fingerprint density at radius 2 is 2.22 bits per heavy atom. The average molecular weight is 350 g/mol. The third kappa shape index (κ3) is 3.95. The van der Waals surface area contributed by atoms with Crippen molar-refractivity contribution in [3.05, 3.63) is 63.9 Å². The number of rotatable bonds is 3. The van der Waals surface area contributed by atoms with Crippen molar-refractivity contribution in [3.8, 4) is 0 Å². The summed E-state index contributed by atoms with van der Waals surface area (Å²) in [6, 6.07) is 9.20. The summed E-state index contributed by atoms with van der Waals surface area (Å²) in [6.45, 7) is 1.86. The average Bonchev–Trinajstić information content (AvgIpc) is 3.05. The fraction of sp³-hybridized carbons (Fsp3) is 0.294. The molecule has 2 heterocycles. The van der Waals surface area contributed by atoms with Gasteiger partial charge in [-0.1, -0.05) is 35.3 Å². The van der Waals surface area contributed by atoms with Gasteiger partial charge in [-0.15, -0.1) is 0 Å². The number of nitrogens with zero attached hydrogens (tertiary/aromatic N) is 2. The van der Waals surface area contributed by atoms with Crippen molar-refractivity contribution in [2.75, 3.05) is 13.1 Å². The largest absolute Gasteiger partial charge is 0.334 e. The van der Waals surface area contributed by atoms with E-state index in [1.807, 2.05) is 23.2 Å².